The molecular formula is C13H5ClF5N3O2. The van der Waals surface area contributed by atoms with Crippen molar-refractivity contribution in [2.24, 2.45) is 0 Å². The van der Waals surface area contributed by atoms with E-state index in [1.54, 1.807) is 0 Å². The van der Waals surface area contributed by atoms with Crippen LogP contribution < -0.4 is 5.76 Å². The highest BCUT2D eigenvalue weighted by molar-refractivity contribution is 6.30. The molecule has 0 saturated carbocycles. The molecule has 0 aliphatic rings. The number of aromatic nitrogens is 3. The van der Waals surface area contributed by atoms with E-state index in [1.165, 1.54) is 0 Å². The smallest absolute Gasteiger partial charge is 0.407 e. The van der Waals surface area contributed by atoms with Crippen molar-refractivity contribution in [3.63, 3.8) is 0 Å². The summed E-state index contributed by atoms with van der Waals surface area (Å²) in [6, 6.07) is 1.64. The molecule has 0 amide bonds. The van der Waals surface area contributed by atoms with Gasteiger partial charge in [-0.1, -0.05) is 11.6 Å². The number of oxazole rings is 1. The van der Waals surface area contributed by atoms with Crippen LogP contribution in [0.2, 0.25) is 5.15 Å². The van der Waals surface area contributed by atoms with E-state index < -0.39 is 45.9 Å². The third kappa shape index (κ3) is 2.73. The van der Waals surface area contributed by atoms with Crippen molar-refractivity contribution in [1.82, 2.24) is 15.0 Å². The summed E-state index contributed by atoms with van der Waals surface area (Å²) in [5.74, 6) is -1.13. The number of H-pyrrole nitrogens is 1. The average Bonchev–Trinajstić information content (AvgIpc) is 2.86. The lowest BCUT2D eigenvalue weighted by atomic mass is 10.1. The quantitative estimate of drug-likeness (QED) is 0.691. The predicted octanol–water partition coefficient (Wildman–Crippen LogP) is 4.19. The molecule has 0 bridgehead atoms. The fraction of sp³-hybridized carbons (Fsp3) is 0.154. The van der Waals surface area contributed by atoms with E-state index in [-0.39, 0.29) is 11.3 Å². The first-order valence-electron chi connectivity index (χ1n) is 6.22. The van der Waals surface area contributed by atoms with Crippen molar-refractivity contribution < 1.29 is 26.4 Å². The summed E-state index contributed by atoms with van der Waals surface area (Å²) >= 11 is 5.50. The minimum atomic E-state index is -4.75. The Morgan fingerprint density at radius 2 is 1.96 bits per heavy atom. The Kier molecular flexibility index (Phi) is 3.78. The SMILES string of the molecule is O=c1[nH]c2c(C(F)(F)F)ccc(-c3cnc(Cl)c(C(F)F)n3)c2o1. The fourth-order valence-electron chi connectivity index (χ4n) is 2.13. The number of hydrogen-bond donors (Lipinski definition) is 1. The topological polar surface area (TPSA) is 71.8 Å². The predicted molar refractivity (Wildman–Crippen MR) is 72.8 cm³/mol. The Balaban J connectivity index is 2.29. The van der Waals surface area contributed by atoms with Gasteiger partial charge in [-0.15, -0.1) is 0 Å². The van der Waals surface area contributed by atoms with Gasteiger partial charge in [0, 0.05) is 5.56 Å². The normalized spacial score (nSPS) is 12.3. The molecule has 0 aliphatic carbocycles. The number of halogens is 6. The molecule has 3 aromatic rings. The first kappa shape index (κ1) is 16.4. The summed E-state index contributed by atoms with van der Waals surface area (Å²) < 4.78 is 69.3. The number of hydrogen-bond acceptors (Lipinski definition) is 4. The van der Waals surface area contributed by atoms with Crippen molar-refractivity contribution in [2.75, 3.05) is 0 Å². The van der Waals surface area contributed by atoms with Crippen LogP contribution in [0.4, 0.5) is 22.0 Å². The second kappa shape index (κ2) is 5.55. The van der Waals surface area contributed by atoms with Gasteiger partial charge < -0.3 is 4.42 Å². The van der Waals surface area contributed by atoms with E-state index in [4.69, 9.17) is 16.0 Å². The number of benzene rings is 1. The Bertz CT molecular complexity index is 980. The molecule has 0 fully saturated rings. The van der Waals surface area contributed by atoms with Crippen molar-refractivity contribution in [3.05, 3.63) is 45.3 Å². The number of alkyl halides is 5. The van der Waals surface area contributed by atoms with Gasteiger partial charge in [-0.05, 0) is 12.1 Å². The molecular weight excluding hydrogens is 361 g/mol. The molecule has 1 aromatic carbocycles. The molecule has 1 N–H and O–H groups in total. The van der Waals surface area contributed by atoms with Gasteiger partial charge in [0.1, 0.15) is 11.2 Å². The van der Waals surface area contributed by atoms with Gasteiger partial charge in [-0.3, -0.25) is 4.98 Å². The molecule has 2 aromatic heterocycles. The Hall–Kier alpha value is -2.49. The van der Waals surface area contributed by atoms with Gasteiger partial charge in [-0.2, -0.15) is 13.2 Å². The van der Waals surface area contributed by atoms with Crippen LogP contribution in [0.15, 0.2) is 27.5 Å². The minimum absolute atomic E-state index is 0.109. The van der Waals surface area contributed by atoms with Crippen LogP contribution in [0.1, 0.15) is 17.7 Å². The van der Waals surface area contributed by atoms with Crippen LogP contribution in [-0.4, -0.2) is 15.0 Å². The zero-order chi connectivity index (χ0) is 17.6. The highest BCUT2D eigenvalue weighted by Crippen LogP contribution is 2.37. The molecule has 0 saturated heterocycles. The van der Waals surface area contributed by atoms with Gasteiger partial charge in [0.2, 0.25) is 0 Å². The van der Waals surface area contributed by atoms with Crippen LogP contribution in [0.3, 0.4) is 0 Å². The van der Waals surface area contributed by atoms with Gasteiger partial charge in [0.05, 0.1) is 17.5 Å². The van der Waals surface area contributed by atoms with E-state index in [9.17, 15) is 26.7 Å². The highest BCUT2D eigenvalue weighted by atomic mass is 35.5. The second-order valence-electron chi connectivity index (χ2n) is 4.61. The molecule has 0 aliphatic heterocycles. The zero-order valence-electron chi connectivity index (χ0n) is 11.3. The van der Waals surface area contributed by atoms with E-state index >= 15 is 0 Å². The summed E-state index contributed by atoms with van der Waals surface area (Å²) in [5.41, 5.74) is -3.37. The van der Waals surface area contributed by atoms with E-state index in [2.05, 4.69) is 9.97 Å². The Morgan fingerprint density at radius 3 is 2.58 bits per heavy atom. The summed E-state index contributed by atoms with van der Waals surface area (Å²) in [4.78, 5) is 20.4. The Labute approximate surface area is 134 Å². The van der Waals surface area contributed by atoms with Gasteiger partial charge in [0.25, 0.3) is 6.43 Å². The second-order valence-corrected chi connectivity index (χ2v) is 4.97. The molecule has 2 heterocycles. The number of aromatic amines is 1. The van der Waals surface area contributed by atoms with Crippen LogP contribution in [-0.2, 0) is 6.18 Å². The molecule has 11 heteroatoms. The molecule has 0 unspecified atom stereocenters. The van der Waals surface area contributed by atoms with Gasteiger partial charge in [-0.25, -0.2) is 23.5 Å². The van der Waals surface area contributed by atoms with E-state index in [0.717, 1.165) is 12.3 Å². The van der Waals surface area contributed by atoms with Gasteiger partial charge >= 0.3 is 11.9 Å². The van der Waals surface area contributed by atoms with Crippen molar-refractivity contribution in [1.29, 1.82) is 0 Å². The molecule has 0 radical (unpaired) electrons. The number of fused-ring (bicyclic) bond motifs is 1. The molecule has 0 atom stereocenters. The maximum absolute atomic E-state index is 13.0. The van der Waals surface area contributed by atoms with Crippen LogP contribution >= 0.6 is 11.6 Å². The first-order valence-corrected chi connectivity index (χ1v) is 6.60. The van der Waals surface area contributed by atoms with Crippen molar-refractivity contribution in [2.45, 2.75) is 12.6 Å². The van der Waals surface area contributed by atoms with Crippen molar-refractivity contribution >= 4 is 22.7 Å². The lowest BCUT2D eigenvalue weighted by molar-refractivity contribution is -0.136. The van der Waals surface area contributed by atoms with Crippen LogP contribution in [0.25, 0.3) is 22.4 Å². The summed E-state index contributed by atoms with van der Waals surface area (Å²) in [5, 5.41) is -0.535. The highest BCUT2D eigenvalue weighted by Gasteiger charge is 2.35. The standard InChI is InChI=1S/C13H5ClF5N3O2/c14-10-8(11(15)16)21-6(3-20-10)4-1-2-5(13(17,18)19)7-9(4)24-12(23)22-7/h1-3,11H,(H,22,23). The lowest BCUT2D eigenvalue weighted by Crippen LogP contribution is -2.07. The van der Waals surface area contributed by atoms with Gasteiger partial charge in [0.15, 0.2) is 10.7 Å². The largest absolute Gasteiger partial charge is 0.418 e. The van der Waals surface area contributed by atoms with Crippen LogP contribution in [0, 0.1) is 0 Å². The summed E-state index contributed by atoms with van der Waals surface area (Å²) in [6.45, 7) is 0. The third-order valence-corrected chi connectivity index (χ3v) is 3.41. The van der Waals surface area contributed by atoms with E-state index in [1.807, 2.05) is 4.98 Å². The third-order valence-electron chi connectivity index (χ3n) is 3.12. The summed E-state index contributed by atoms with van der Waals surface area (Å²) in [7, 11) is 0. The molecule has 24 heavy (non-hydrogen) atoms. The number of rotatable bonds is 2. The zero-order valence-corrected chi connectivity index (χ0v) is 12.0. The molecule has 3 rings (SSSR count). The first-order chi connectivity index (χ1) is 11.2. The Morgan fingerprint density at radius 1 is 1.25 bits per heavy atom. The van der Waals surface area contributed by atoms with E-state index in [0.29, 0.717) is 6.07 Å². The minimum Gasteiger partial charge on any atom is -0.407 e. The maximum atomic E-state index is 13.0. The number of nitrogens with one attached hydrogen (secondary N) is 1. The van der Waals surface area contributed by atoms with Crippen molar-refractivity contribution in [3.8, 4) is 11.3 Å². The number of nitrogens with zero attached hydrogens (tertiary/aromatic N) is 2. The molecule has 126 valence electrons. The summed E-state index contributed by atoms with van der Waals surface area (Å²) in [6.07, 6.45) is -6.79. The average molecular weight is 366 g/mol. The molecule has 5 nitrogen and oxygen atoms in total. The fourth-order valence-corrected chi connectivity index (χ4v) is 2.30. The maximum Gasteiger partial charge on any atom is 0.418 e. The lowest BCUT2D eigenvalue weighted by Gasteiger charge is -2.10. The molecule has 0 spiro atoms. The van der Waals surface area contributed by atoms with Crippen LogP contribution in [0.5, 0.6) is 0 Å². The monoisotopic (exact) mass is 365 g/mol.